The van der Waals surface area contributed by atoms with Gasteiger partial charge in [-0.05, 0) is 131 Å². The molecule has 9 aliphatic carbocycles. The van der Waals surface area contributed by atoms with E-state index >= 15 is 0 Å². The topological polar surface area (TPSA) is 103 Å². The quantitative estimate of drug-likeness (QED) is 0.208. The van der Waals surface area contributed by atoms with E-state index in [2.05, 4.69) is 51.2 Å². The molecule has 9 aliphatic rings. The summed E-state index contributed by atoms with van der Waals surface area (Å²) >= 11 is 0. The fraction of sp³-hybridized carbons (Fsp3) is 0.756. The van der Waals surface area contributed by atoms with Crippen molar-refractivity contribution in [2.24, 2.45) is 56.7 Å². The molecular formula is C41H58N2O5. The monoisotopic (exact) mass is 658 g/mol. The summed E-state index contributed by atoms with van der Waals surface area (Å²) in [6.07, 6.45) is 17.2. The zero-order valence-corrected chi connectivity index (χ0v) is 30.1. The summed E-state index contributed by atoms with van der Waals surface area (Å²) < 4.78 is 5.73. The number of furan rings is 1. The summed E-state index contributed by atoms with van der Waals surface area (Å²) in [6, 6.07) is 3.48. The molecule has 3 N–H and O–H groups in total. The molecule has 0 radical (unpaired) electrons. The van der Waals surface area contributed by atoms with E-state index in [0.29, 0.717) is 48.9 Å². The Hall–Kier alpha value is -2.38. The van der Waals surface area contributed by atoms with Gasteiger partial charge in [-0.25, -0.2) is 4.79 Å². The summed E-state index contributed by atoms with van der Waals surface area (Å²) in [5.74, 6) is 2.41. The number of hydrogen-bond donors (Lipinski definition) is 3. The van der Waals surface area contributed by atoms with Crippen LogP contribution >= 0.6 is 0 Å². The molecule has 2 spiro atoms. The maximum atomic E-state index is 14.5. The Balaban J connectivity index is 1.17. The van der Waals surface area contributed by atoms with Gasteiger partial charge in [0.25, 0.3) is 0 Å². The second-order valence-electron chi connectivity index (χ2n) is 18.8. The second kappa shape index (κ2) is 10.6. The molecule has 48 heavy (non-hydrogen) atoms. The molecule has 11 atom stereocenters. The Bertz CT molecular complexity index is 1540. The Morgan fingerprint density at radius 3 is 2.42 bits per heavy atom. The van der Waals surface area contributed by atoms with Crippen molar-refractivity contribution in [1.29, 1.82) is 0 Å². The predicted molar refractivity (Wildman–Crippen MR) is 185 cm³/mol. The highest BCUT2D eigenvalue weighted by Crippen LogP contribution is 2.78. The van der Waals surface area contributed by atoms with Crippen LogP contribution in [0, 0.1) is 56.7 Å². The number of carbonyl (C=O) groups is 2. The first-order valence-electron chi connectivity index (χ1n) is 19.1. The molecule has 7 nitrogen and oxygen atoms in total. The number of hydrogen-bond acceptors (Lipinski definition) is 5. The molecule has 262 valence electrons. The summed E-state index contributed by atoms with van der Waals surface area (Å²) in [4.78, 5) is 30.5. The van der Waals surface area contributed by atoms with Crippen molar-refractivity contribution in [2.45, 2.75) is 123 Å². The number of nitrogens with one attached hydrogen (secondary N) is 1. The van der Waals surface area contributed by atoms with Crippen LogP contribution in [0.3, 0.4) is 0 Å². The second-order valence-corrected chi connectivity index (χ2v) is 18.8. The van der Waals surface area contributed by atoms with Crippen molar-refractivity contribution in [3.8, 4) is 0 Å². The molecule has 0 saturated heterocycles. The van der Waals surface area contributed by atoms with Gasteiger partial charge in [-0.15, -0.1) is 0 Å². The molecule has 1 unspecified atom stereocenters. The van der Waals surface area contributed by atoms with E-state index in [1.807, 2.05) is 18.7 Å². The summed E-state index contributed by atoms with van der Waals surface area (Å²) in [5, 5.41) is 27.2. The van der Waals surface area contributed by atoms with Crippen LogP contribution in [0.5, 0.6) is 0 Å². The summed E-state index contributed by atoms with van der Waals surface area (Å²) in [6.45, 7) is 14.5. The number of allylic oxidation sites excluding steroid dienone is 4. The summed E-state index contributed by atoms with van der Waals surface area (Å²) in [7, 11) is 0. The highest BCUT2D eigenvalue weighted by Gasteiger charge is 2.74. The van der Waals surface area contributed by atoms with Gasteiger partial charge in [0.15, 0.2) is 5.76 Å². The third-order valence-corrected chi connectivity index (χ3v) is 16.3. The lowest BCUT2D eigenvalue weighted by Crippen LogP contribution is -2.67. The lowest BCUT2D eigenvalue weighted by Gasteiger charge is -2.71. The van der Waals surface area contributed by atoms with E-state index in [1.54, 1.807) is 18.4 Å². The molecule has 2 amide bonds. The van der Waals surface area contributed by atoms with E-state index in [4.69, 9.17) is 4.42 Å². The molecular weight excluding hydrogens is 600 g/mol. The Labute approximate surface area is 287 Å². The van der Waals surface area contributed by atoms with E-state index in [1.165, 1.54) is 12.8 Å². The third kappa shape index (κ3) is 4.18. The smallest absolute Gasteiger partial charge is 0.317 e. The fourth-order valence-corrected chi connectivity index (χ4v) is 13.5. The molecule has 0 aromatic carbocycles. The number of rotatable bonds is 7. The van der Waals surface area contributed by atoms with Gasteiger partial charge in [0.05, 0.1) is 24.5 Å². The highest BCUT2D eigenvalue weighted by atomic mass is 16.3. The van der Waals surface area contributed by atoms with Gasteiger partial charge >= 0.3 is 6.03 Å². The van der Waals surface area contributed by atoms with Crippen LogP contribution in [0.4, 0.5) is 4.79 Å². The van der Waals surface area contributed by atoms with Gasteiger partial charge in [-0.2, -0.15) is 0 Å². The largest absolute Gasteiger partial charge is 0.461 e. The Kier molecular flexibility index (Phi) is 7.22. The Morgan fingerprint density at radius 2 is 1.73 bits per heavy atom. The maximum absolute atomic E-state index is 14.5. The zero-order chi connectivity index (χ0) is 34.1. The number of aliphatic hydroxyl groups excluding tert-OH is 1. The molecule has 0 aliphatic heterocycles. The van der Waals surface area contributed by atoms with Crippen molar-refractivity contribution in [1.82, 2.24) is 10.2 Å². The number of Topliss-reactive ketones (excluding diaryl/α,β-unsaturated/α-hetero) is 1. The molecule has 4 bridgehead atoms. The van der Waals surface area contributed by atoms with E-state index in [0.717, 1.165) is 50.0 Å². The SMILES string of the molecule is CC(C)NC(=O)N(C[C@@H]1CC[C@H]2C[C@@H]1C2(C)C)C[C@]1(O)CC[C@H]2[C@]34C=C[C@@]5(C=C3C(=O)c3ccco3)CC(O)CC[C@]5(C)[C@H]4CC[C@@]21C. The molecule has 1 aromatic heterocycles. The fourth-order valence-electron chi connectivity index (χ4n) is 13.5. The zero-order valence-electron chi connectivity index (χ0n) is 30.1. The maximum Gasteiger partial charge on any atom is 0.317 e. The number of nitrogens with zero attached hydrogens (tertiary/aromatic N) is 1. The van der Waals surface area contributed by atoms with Crippen molar-refractivity contribution in [2.75, 3.05) is 13.1 Å². The van der Waals surface area contributed by atoms with Crippen molar-refractivity contribution in [3.63, 3.8) is 0 Å². The van der Waals surface area contributed by atoms with E-state index in [-0.39, 0.29) is 40.5 Å². The minimum absolute atomic E-state index is 0.0108. The first-order valence-corrected chi connectivity index (χ1v) is 19.1. The first kappa shape index (κ1) is 32.8. The van der Waals surface area contributed by atoms with Crippen molar-refractivity contribution in [3.05, 3.63) is 48.0 Å². The van der Waals surface area contributed by atoms with Crippen LogP contribution in [-0.2, 0) is 0 Å². The summed E-state index contributed by atoms with van der Waals surface area (Å²) in [5.41, 5.74) is -1.47. The van der Waals surface area contributed by atoms with Crippen LogP contribution in [0.1, 0.15) is 116 Å². The van der Waals surface area contributed by atoms with Crippen LogP contribution in [0.15, 0.2) is 46.6 Å². The van der Waals surface area contributed by atoms with Crippen molar-refractivity contribution >= 4 is 11.8 Å². The standard InChI is InChI=1S/C41H58N2O5/c1-25(2)42-35(46)43(23-26-9-10-27-20-29(26)36(27,3)4)24-40(47)16-13-33-38(40,6)15-12-32-37(5)14-11-28(44)21-39(37)17-18-41(32,33)30(22-39)34(45)31-8-7-19-48-31/h7-8,17-19,22,25-29,32-33,44,47H,9-16,20-21,23-24H2,1-6H3,(H,42,46)/t26-,27-,28?,29-,32+,33+,37+,38-,39-,40+,41+/m0/s1. The lowest BCUT2D eigenvalue weighted by atomic mass is 9.32. The minimum atomic E-state index is -1.08. The number of carbonyl (C=O) groups excluding carboxylic acids is 2. The van der Waals surface area contributed by atoms with Gasteiger partial charge in [0, 0.05) is 34.4 Å². The van der Waals surface area contributed by atoms with Crippen LogP contribution in [-0.4, -0.2) is 57.8 Å². The van der Waals surface area contributed by atoms with Gasteiger partial charge in [-0.3, -0.25) is 4.79 Å². The molecule has 6 saturated carbocycles. The first-order chi connectivity index (χ1) is 22.6. The van der Waals surface area contributed by atoms with Gasteiger partial charge in [-0.1, -0.05) is 45.9 Å². The number of fused-ring (bicyclic) bond motifs is 3. The molecule has 7 heteroatoms. The average molecular weight is 659 g/mol. The van der Waals surface area contributed by atoms with Gasteiger partial charge < -0.3 is 24.8 Å². The van der Waals surface area contributed by atoms with E-state index in [9.17, 15) is 19.8 Å². The van der Waals surface area contributed by atoms with E-state index < -0.39 is 22.5 Å². The Morgan fingerprint density at radius 1 is 1.00 bits per heavy atom. The molecule has 10 rings (SSSR count). The number of aliphatic hydroxyl groups is 2. The normalized spacial score (nSPS) is 46.2. The van der Waals surface area contributed by atoms with Crippen LogP contribution < -0.4 is 5.32 Å². The average Bonchev–Trinajstić information content (AvgIpc) is 3.66. The minimum Gasteiger partial charge on any atom is -0.461 e. The molecule has 1 heterocycles. The van der Waals surface area contributed by atoms with Crippen LogP contribution in [0.25, 0.3) is 0 Å². The molecule has 1 aromatic rings. The number of amides is 2. The highest BCUT2D eigenvalue weighted by molar-refractivity contribution is 6.08. The van der Waals surface area contributed by atoms with Gasteiger partial charge in [0.2, 0.25) is 5.78 Å². The predicted octanol–water partition coefficient (Wildman–Crippen LogP) is 7.55. The lowest BCUT2D eigenvalue weighted by molar-refractivity contribution is -0.176. The number of urea groups is 1. The van der Waals surface area contributed by atoms with Crippen molar-refractivity contribution < 1.29 is 24.2 Å². The molecule has 6 fully saturated rings. The third-order valence-electron chi connectivity index (χ3n) is 16.3. The van der Waals surface area contributed by atoms with Gasteiger partial charge in [0.1, 0.15) is 0 Å². The van der Waals surface area contributed by atoms with Crippen LogP contribution in [0.2, 0.25) is 0 Å². The number of ketones is 1.